The van der Waals surface area contributed by atoms with Crippen molar-refractivity contribution in [3.63, 3.8) is 0 Å². The van der Waals surface area contributed by atoms with Crippen LogP contribution in [0.4, 0.5) is 0 Å². The van der Waals surface area contributed by atoms with Crippen LogP contribution in [-0.4, -0.2) is 46.8 Å². The molecule has 0 aromatic heterocycles. The smallest absolute Gasteiger partial charge is 0.347 e. The van der Waals surface area contributed by atoms with Gasteiger partial charge in [0.25, 0.3) is 0 Å². The summed E-state index contributed by atoms with van der Waals surface area (Å²) in [6, 6.07) is 19.6. The van der Waals surface area contributed by atoms with Gasteiger partial charge in [0.05, 0.1) is 25.2 Å². The lowest BCUT2D eigenvalue weighted by atomic mass is 9.86. The van der Waals surface area contributed by atoms with E-state index < -0.39 is 11.6 Å². The molecule has 34 heavy (non-hydrogen) atoms. The lowest BCUT2D eigenvalue weighted by Gasteiger charge is -2.47. The van der Waals surface area contributed by atoms with Crippen LogP contribution in [0.1, 0.15) is 49.7 Å². The van der Waals surface area contributed by atoms with E-state index in [2.05, 4.69) is 13.2 Å². The molecule has 182 valence electrons. The molecular formula is C29H36ClNO3. The van der Waals surface area contributed by atoms with E-state index >= 15 is 0 Å². The van der Waals surface area contributed by atoms with Gasteiger partial charge >= 0.3 is 5.97 Å². The number of nitrogens with zero attached hydrogens (tertiary/aromatic N) is 1. The number of esters is 1. The van der Waals surface area contributed by atoms with Crippen LogP contribution >= 0.6 is 0 Å². The number of piperidine rings is 1. The van der Waals surface area contributed by atoms with Gasteiger partial charge in [-0.05, 0) is 11.1 Å². The molecule has 3 aliphatic rings. The zero-order chi connectivity index (χ0) is 23.3. The van der Waals surface area contributed by atoms with E-state index in [1.54, 1.807) is 36.4 Å². The van der Waals surface area contributed by atoms with Gasteiger partial charge in [0, 0.05) is 38.5 Å². The molecule has 4 nitrogen and oxygen atoms in total. The Morgan fingerprint density at radius 2 is 1.32 bits per heavy atom. The van der Waals surface area contributed by atoms with E-state index in [-0.39, 0.29) is 18.5 Å². The number of ether oxygens (including phenoxy) is 1. The molecule has 2 aromatic carbocycles. The van der Waals surface area contributed by atoms with Crippen molar-refractivity contribution in [1.82, 2.24) is 0 Å². The van der Waals surface area contributed by atoms with E-state index in [4.69, 9.17) is 4.74 Å². The second kappa shape index (κ2) is 11.4. The van der Waals surface area contributed by atoms with Crippen molar-refractivity contribution < 1.29 is 31.5 Å². The minimum absolute atomic E-state index is 0. The predicted octanol–water partition coefficient (Wildman–Crippen LogP) is 2.13. The molecule has 3 heterocycles. The molecular weight excluding hydrogens is 446 g/mol. The van der Waals surface area contributed by atoms with Gasteiger partial charge in [0.1, 0.15) is 6.10 Å². The SMILES string of the molecule is C=CC=C.O=C(OC1C[C@H]2CC[C@@H](C1)[N+]21CCCC1)C(O)(c1ccccc1)c1ccccc1.[Cl-]. The molecule has 3 fully saturated rings. The van der Waals surface area contributed by atoms with Gasteiger partial charge in [-0.3, -0.25) is 0 Å². The molecule has 0 saturated carbocycles. The Hall–Kier alpha value is -2.40. The molecule has 0 radical (unpaired) electrons. The highest BCUT2D eigenvalue weighted by molar-refractivity contribution is 5.85. The lowest BCUT2D eigenvalue weighted by Crippen LogP contribution is -3.00. The van der Waals surface area contributed by atoms with E-state index in [1.807, 2.05) is 36.4 Å². The van der Waals surface area contributed by atoms with Crippen molar-refractivity contribution in [2.45, 2.75) is 62.3 Å². The first kappa shape index (κ1) is 26.2. The fourth-order valence-electron chi connectivity index (χ4n) is 6.30. The third kappa shape index (κ3) is 4.86. The van der Waals surface area contributed by atoms with Crippen LogP contribution in [0.25, 0.3) is 0 Å². The average Bonchev–Trinajstić information content (AvgIpc) is 3.41. The van der Waals surface area contributed by atoms with Gasteiger partial charge in [-0.15, -0.1) is 0 Å². The summed E-state index contributed by atoms with van der Waals surface area (Å²) in [6.07, 6.45) is 10.2. The number of hydrogen-bond acceptors (Lipinski definition) is 3. The van der Waals surface area contributed by atoms with Gasteiger partial charge in [0.15, 0.2) is 0 Å². The largest absolute Gasteiger partial charge is 1.00 e. The molecule has 5 heteroatoms. The first-order valence-electron chi connectivity index (χ1n) is 12.2. The average molecular weight is 482 g/mol. The Morgan fingerprint density at radius 3 is 1.74 bits per heavy atom. The molecule has 5 rings (SSSR count). The molecule has 1 N–H and O–H groups in total. The fraction of sp³-hybridized carbons (Fsp3) is 0.414. The van der Waals surface area contributed by atoms with E-state index in [9.17, 15) is 9.90 Å². The number of carbonyl (C=O) groups is 1. The van der Waals surface area contributed by atoms with Crippen LogP contribution in [0, 0.1) is 0 Å². The Kier molecular flexibility index (Phi) is 8.75. The molecule has 3 aliphatic heterocycles. The number of halogens is 1. The predicted molar refractivity (Wildman–Crippen MR) is 131 cm³/mol. The second-order valence-electron chi connectivity index (χ2n) is 9.55. The molecule has 2 bridgehead atoms. The number of allylic oxidation sites excluding steroid dienone is 2. The molecule has 1 spiro atoms. The minimum atomic E-state index is -1.78. The molecule has 2 aromatic rings. The number of quaternary nitrogens is 1. The third-order valence-corrected chi connectivity index (χ3v) is 7.88. The highest BCUT2D eigenvalue weighted by Crippen LogP contribution is 2.46. The van der Waals surface area contributed by atoms with Gasteiger partial charge in [0.2, 0.25) is 5.60 Å². The third-order valence-electron chi connectivity index (χ3n) is 7.88. The van der Waals surface area contributed by atoms with E-state index in [0.29, 0.717) is 23.2 Å². The van der Waals surface area contributed by atoms with Crippen LogP contribution in [-0.2, 0) is 15.1 Å². The van der Waals surface area contributed by atoms with Crippen LogP contribution in [0.15, 0.2) is 86.0 Å². The number of benzene rings is 2. The van der Waals surface area contributed by atoms with E-state index in [0.717, 1.165) is 12.8 Å². The quantitative estimate of drug-likeness (QED) is 0.404. The fourth-order valence-corrected chi connectivity index (χ4v) is 6.30. The Balaban J connectivity index is 0.000000603. The van der Waals surface area contributed by atoms with Crippen molar-refractivity contribution in [1.29, 1.82) is 0 Å². The second-order valence-corrected chi connectivity index (χ2v) is 9.55. The zero-order valence-corrected chi connectivity index (χ0v) is 20.6. The Morgan fingerprint density at radius 1 is 0.882 bits per heavy atom. The maximum Gasteiger partial charge on any atom is 0.347 e. The molecule has 3 saturated heterocycles. The van der Waals surface area contributed by atoms with Crippen molar-refractivity contribution >= 4 is 5.97 Å². The van der Waals surface area contributed by atoms with Crippen molar-refractivity contribution in [3.8, 4) is 0 Å². The monoisotopic (exact) mass is 481 g/mol. The highest BCUT2D eigenvalue weighted by atomic mass is 35.5. The highest BCUT2D eigenvalue weighted by Gasteiger charge is 2.56. The summed E-state index contributed by atoms with van der Waals surface area (Å²) in [7, 11) is 0. The first-order valence-corrected chi connectivity index (χ1v) is 12.2. The summed E-state index contributed by atoms with van der Waals surface area (Å²) in [5.74, 6) is -0.547. The lowest BCUT2D eigenvalue weighted by molar-refractivity contribution is -0.956. The van der Waals surface area contributed by atoms with Gasteiger partial charge < -0.3 is 26.7 Å². The van der Waals surface area contributed by atoms with Gasteiger partial charge in [-0.2, -0.15) is 0 Å². The first-order chi connectivity index (χ1) is 16.0. The molecule has 3 atom stereocenters. The maximum absolute atomic E-state index is 13.4. The van der Waals surface area contributed by atoms with Gasteiger partial charge in [-0.1, -0.05) is 86.0 Å². The minimum Gasteiger partial charge on any atom is -1.00 e. The Bertz CT molecular complexity index is 894. The summed E-state index contributed by atoms with van der Waals surface area (Å²) in [6.45, 7) is 9.32. The number of carbonyl (C=O) groups excluding carboxylic acids is 1. The summed E-state index contributed by atoms with van der Waals surface area (Å²) < 4.78 is 7.32. The zero-order valence-electron chi connectivity index (χ0n) is 19.8. The molecule has 0 aliphatic carbocycles. The standard InChI is InChI=1S/C25H30NO3.C4H6.ClH/c27-24(25(28,19-9-3-1-4-10-19)20-11-5-2-6-12-20)29-23-17-21-13-14-22(18-23)26(21)15-7-8-16-26;1-3-4-2;/h1-6,9-12,21-23,28H,7-8,13-18H2;3-4H,1-2H2;1H/q+1;;/p-1/t21-,22+,23?;;. The van der Waals surface area contributed by atoms with Crippen LogP contribution in [0.3, 0.4) is 0 Å². The summed E-state index contributed by atoms with van der Waals surface area (Å²) >= 11 is 0. The number of rotatable bonds is 5. The van der Waals surface area contributed by atoms with Crippen molar-refractivity contribution in [2.24, 2.45) is 0 Å². The van der Waals surface area contributed by atoms with Gasteiger partial charge in [-0.25, -0.2) is 4.79 Å². The summed E-state index contributed by atoms with van der Waals surface area (Å²) in [4.78, 5) is 13.4. The van der Waals surface area contributed by atoms with Crippen LogP contribution in [0.2, 0.25) is 0 Å². The molecule has 1 unspecified atom stereocenters. The Labute approximate surface area is 209 Å². The normalized spacial score (nSPS) is 24.3. The molecule has 0 amide bonds. The summed E-state index contributed by atoms with van der Waals surface area (Å²) in [5, 5.41) is 11.6. The van der Waals surface area contributed by atoms with Crippen LogP contribution in [0.5, 0.6) is 0 Å². The van der Waals surface area contributed by atoms with E-state index in [1.165, 1.54) is 43.3 Å². The summed E-state index contributed by atoms with van der Waals surface area (Å²) in [5.41, 5.74) is -0.671. The topological polar surface area (TPSA) is 46.5 Å². The van der Waals surface area contributed by atoms with Crippen molar-refractivity contribution in [2.75, 3.05) is 13.1 Å². The van der Waals surface area contributed by atoms with Crippen molar-refractivity contribution in [3.05, 3.63) is 97.1 Å². The van der Waals surface area contributed by atoms with Crippen LogP contribution < -0.4 is 12.4 Å². The number of hydrogen-bond donors (Lipinski definition) is 1. The maximum atomic E-state index is 13.4. The number of aliphatic hydroxyl groups is 1.